The number of unbranched alkanes of at least 4 members (excludes halogenated alkanes) is 6. The van der Waals surface area contributed by atoms with E-state index in [4.69, 9.17) is 4.74 Å². The maximum atomic E-state index is 12.8. The summed E-state index contributed by atoms with van der Waals surface area (Å²) in [5, 5.41) is 0. The van der Waals surface area contributed by atoms with Gasteiger partial charge in [0, 0.05) is 12.8 Å². The zero-order valence-corrected chi connectivity index (χ0v) is 34.3. The Labute approximate surface area is 316 Å². The molecule has 0 N–H and O–H groups in total. The summed E-state index contributed by atoms with van der Waals surface area (Å²) in [5.41, 5.74) is 2.49. The number of rotatable bonds is 22. The molecule has 3 saturated carbocycles. The van der Waals surface area contributed by atoms with Gasteiger partial charge in [-0.05, 0) is 143 Å². The van der Waals surface area contributed by atoms with E-state index in [2.05, 4.69) is 96.2 Å². The zero-order valence-electron chi connectivity index (χ0n) is 34.3. The largest absolute Gasteiger partial charge is 0.462 e. The third-order valence-corrected chi connectivity index (χ3v) is 14.3. The van der Waals surface area contributed by atoms with Crippen molar-refractivity contribution in [3.8, 4) is 0 Å². The van der Waals surface area contributed by atoms with Crippen LogP contribution in [0.4, 0.5) is 0 Å². The summed E-state index contributed by atoms with van der Waals surface area (Å²) in [6.07, 6.45) is 48.6. The van der Waals surface area contributed by atoms with Crippen LogP contribution in [0.15, 0.2) is 60.3 Å². The van der Waals surface area contributed by atoms with Crippen LogP contribution in [-0.2, 0) is 9.53 Å². The van der Waals surface area contributed by atoms with E-state index in [0.29, 0.717) is 17.3 Å². The number of carbonyl (C=O) groups excluding carboxylic acids is 1. The highest BCUT2D eigenvalue weighted by Crippen LogP contribution is 2.67. The van der Waals surface area contributed by atoms with E-state index in [0.717, 1.165) is 93.3 Å². The van der Waals surface area contributed by atoms with Crippen molar-refractivity contribution < 1.29 is 9.53 Å². The minimum Gasteiger partial charge on any atom is -0.462 e. The van der Waals surface area contributed by atoms with Gasteiger partial charge in [-0.2, -0.15) is 0 Å². The fourth-order valence-electron chi connectivity index (χ4n) is 11.3. The SMILES string of the molecule is CCCCCC=CCC=CCC=CCC=CCCCCCC(=O)O[C@H]1CC[C@@]2(C)C(=CC[C@H]3[C@@H]4CC[C@H]([C@H](C)CCCC(C)C)[C@@]4(C)CC[C@@H]32)C1. The van der Waals surface area contributed by atoms with Crippen molar-refractivity contribution in [2.24, 2.45) is 46.3 Å². The van der Waals surface area contributed by atoms with Gasteiger partial charge < -0.3 is 4.74 Å². The summed E-state index contributed by atoms with van der Waals surface area (Å²) >= 11 is 0. The molecule has 0 aliphatic heterocycles. The van der Waals surface area contributed by atoms with Gasteiger partial charge in [0.1, 0.15) is 6.10 Å². The second-order valence-electron chi connectivity index (χ2n) is 18.3. The van der Waals surface area contributed by atoms with Crippen molar-refractivity contribution in [2.45, 2.75) is 195 Å². The van der Waals surface area contributed by atoms with Crippen LogP contribution in [0, 0.1) is 46.3 Å². The summed E-state index contributed by atoms with van der Waals surface area (Å²) < 4.78 is 6.12. The highest BCUT2D eigenvalue weighted by Gasteiger charge is 2.59. The van der Waals surface area contributed by atoms with Gasteiger partial charge in [0.05, 0.1) is 0 Å². The summed E-state index contributed by atoms with van der Waals surface area (Å²) in [6, 6.07) is 0. The van der Waals surface area contributed by atoms with Crippen LogP contribution in [0.3, 0.4) is 0 Å². The topological polar surface area (TPSA) is 26.3 Å². The predicted molar refractivity (Wildman–Crippen MR) is 221 cm³/mol. The van der Waals surface area contributed by atoms with Crippen molar-refractivity contribution in [1.82, 2.24) is 0 Å². The minimum absolute atomic E-state index is 0.0311. The molecule has 0 spiro atoms. The number of hydrogen-bond acceptors (Lipinski definition) is 2. The molecule has 0 amide bonds. The number of allylic oxidation sites excluding steroid dienone is 9. The zero-order chi connectivity index (χ0) is 36.5. The van der Waals surface area contributed by atoms with E-state index < -0.39 is 0 Å². The molecule has 0 unspecified atom stereocenters. The predicted octanol–water partition coefficient (Wildman–Crippen LogP) is 14.9. The van der Waals surface area contributed by atoms with E-state index in [9.17, 15) is 4.79 Å². The lowest BCUT2D eigenvalue weighted by atomic mass is 9.47. The molecule has 288 valence electrons. The lowest BCUT2D eigenvalue weighted by molar-refractivity contribution is -0.151. The molecule has 0 radical (unpaired) electrons. The number of ether oxygens (including phenoxy) is 1. The standard InChI is InChI=1S/C49H80O2/c1-7-8-9-10-11-12-13-14-15-16-17-18-19-20-21-22-23-24-25-29-47(50)51-42-34-36-48(5)41(38-42)30-31-43-45-33-32-44(40(4)28-26-27-39(2)3)49(45,6)37-35-46(43)48/h11-12,14-15,17-18,20-21,30,39-40,42-46H,7-10,13,16,19,22-29,31-38H2,1-6H3/t40-,42+,43+,44-,45+,46+,48+,49-/m1/s1. The fourth-order valence-corrected chi connectivity index (χ4v) is 11.3. The van der Waals surface area contributed by atoms with Crippen LogP contribution in [0.5, 0.6) is 0 Å². The Bertz CT molecular complexity index is 1170. The smallest absolute Gasteiger partial charge is 0.306 e. The lowest BCUT2D eigenvalue weighted by Gasteiger charge is -2.58. The molecule has 0 heterocycles. The Morgan fingerprint density at radius 3 is 2.10 bits per heavy atom. The Hall–Kier alpha value is -1.83. The maximum absolute atomic E-state index is 12.8. The van der Waals surface area contributed by atoms with Crippen LogP contribution < -0.4 is 0 Å². The van der Waals surface area contributed by atoms with Gasteiger partial charge in [-0.3, -0.25) is 4.79 Å². The van der Waals surface area contributed by atoms with Gasteiger partial charge in [-0.25, -0.2) is 0 Å². The summed E-state index contributed by atoms with van der Waals surface area (Å²) in [5.74, 6) is 5.25. The van der Waals surface area contributed by atoms with Gasteiger partial charge in [-0.15, -0.1) is 0 Å². The van der Waals surface area contributed by atoms with Crippen LogP contribution in [0.2, 0.25) is 0 Å². The van der Waals surface area contributed by atoms with Crippen molar-refractivity contribution in [1.29, 1.82) is 0 Å². The van der Waals surface area contributed by atoms with Gasteiger partial charge in [-0.1, -0.05) is 140 Å². The van der Waals surface area contributed by atoms with E-state index >= 15 is 0 Å². The van der Waals surface area contributed by atoms with Crippen molar-refractivity contribution in [3.63, 3.8) is 0 Å². The minimum atomic E-state index is 0.0311. The molecule has 2 heteroatoms. The molecule has 0 aromatic rings. The number of carbonyl (C=O) groups is 1. The first-order valence-corrected chi connectivity index (χ1v) is 22.2. The van der Waals surface area contributed by atoms with Crippen molar-refractivity contribution >= 4 is 5.97 Å². The average molecular weight is 701 g/mol. The molecule has 3 fully saturated rings. The first-order chi connectivity index (χ1) is 24.7. The number of esters is 1. The molecule has 2 nitrogen and oxygen atoms in total. The Kier molecular flexibility index (Phi) is 17.9. The van der Waals surface area contributed by atoms with E-state index in [1.807, 2.05) is 0 Å². The van der Waals surface area contributed by atoms with E-state index in [1.165, 1.54) is 83.5 Å². The number of hydrogen-bond donors (Lipinski definition) is 0. The molecule has 8 atom stereocenters. The monoisotopic (exact) mass is 701 g/mol. The maximum Gasteiger partial charge on any atom is 0.306 e. The van der Waals surface area contributed by atoms with E-state index in [-0.39, 0.29) is 12.1 Å². The van der Waals surface area contributed by atoms with Gasteiger partial charge in [0.2, 0.25) is 0 Å². The first-order valence-electron chi connectivity index (χ1n) is 22.2. The highest BCUT2D eigenvalue weighted by atomic mass is 16.5. The molecule has 0 aromatic heterocycles. The average Bonchev–Trinajstić information content (AvgIpc) is 3.46. The Morgan fingerprint density at radius 2 is 1.43 bits per heavy atom. The Morgan fingerprint density at radius 1 is 0.765 bits per heavy atom. The highest BCUT2D eigenvalue weighted by molar-refractivity contribution is 5.69. The van der Waals surface area contributed by atoms with Gasteiger partial charge >= 0.3 is 5.97 Å². The molecule has 51 heavy (non-hydrogen) atoms. The van der Waals surface area contributed by atoms with E-state index in [1.54, 1.807) is 5.57 Å². The molecule has 4 aliphatic rings. The third-order valence-electron chi connectivity index (χ3n) is 14.3. The molecule has 0 bridgehead atoms. The first kappa shape index (κ1) is 41.9. The molecular weight excluding hydrogens is 621 g/mol. The molecule has 4 rings (SSSR count). The summed E-state index contributed by atoms with van der Waals surface area (Å²) in [6.45, 7) is 14.9. The normalized spacial score (nSPS) is 31.4. The second-order valence-corrected chi connectivity index (χ2v) is 18.3. The second kappa shape index (κ2) is 21.8. The van der Waals surface area contributed by atoms with Crippen LogP contribution >= 0.6 is 0 Å². The lowest BCUT2D eigenvalue weighted by Crippen LogP contribution is -2.51. The van der Waals surface area contributed by atoms with Gasteiger partial charge in [0.25, 0.3) is 0 Å². The molecule has 0 aromatic carbocycles. The van der Waals surface area contributed by atoms with Crippen LogP contribution in [0.1, 0.15) is 189 Å². The summed E-state index contributed by atoms with van der Waals surface area (Å²) in [7, 11) is 0. The molecular formula is C49H80O2. The Balaban J connectivity index is 1.09. The quantitative estimate of drug-likeness (QED) is 0.0638. The summed E-state index contributed by atoms with van der Waals surface area (Å²) in [4.78, 5) is 12.8. The fraction of sp³-hybridized carbons (Fsp3) is 0.776. The molecule has 0 saturated heterocycles. The molecule has 4 aliphatic carbocycles. The van der Waals surface area contributed by atoms with Crippen molar-refractivity contribution in [3.05, 3.63) is 60.3 Å². The van der Waals surface area contributed by atoms with Crippen molar-refractivity contribution in [2.75, 3.05) is 0 Å². The van der Waals surface area contributed by atoms with Crippen LogP contribution in [-0.4, -0.2) is 12.1 Å². The van der Waals surface area contributed by atoms with Crippen LogP contribution in [0.25, 0.3) is 0 Å². The number of fused-ring (bicyclic) bond motifs is 5. The van der Waals surface area contributed by atoms with Gasteiger partial charge in [0.15, 0.2) is 0 Å². The third kappa shape index (κ3) is 12.4.